The summed E-state index contributed by atoms with van der Waals surface area (Å²) in [6.45, 7) is 1.89. The SMILES string of the molecule is CCCCCCCCCC(=O)NCC(=O)NN=Cc1ccccc1C(F)(F)F. The number of hydrogen-bond acceptors (Lipinski definition) is 3. The van der Waals surface area contributed by atoms with Crippen molar-refractivity contribution in [2.24, 2.45) is 5.10 Å². The van der Waals surface area contributed by atoms with Gasteiger partial charge in [0.2, 0.25) is 5.91 Å². The van der Waals surface area contributed by atoms with Crippen LogP contribution in [0.15, 0.2) is 29.4 Å². The summed E-state index contributed by atoms with van der Waals surface area (Å²) >= 11 is 0. The van der Waals surface area contributed by atoms with Gasteiger partial charge < -0.3 is 5.32 Å². The lowest BCUT2D eigenvalue weighted by atomic mass is 10.1. The summed E-state index contributed by atoms with van der Waals surface area (Å²) in [6.07, 6.45) is 4.45. The Labute approximate surface area is 163 Å². The Bertz CT molecular complexity index is 646. The molecule has 5 nitrogen and oxygen atoms in total. The minimum Gasteiger partial charge on any atom is -0.347 e. The Morgan fingerprint density at radius 2 is 1.64 bits per heavy atom. The maximum atomic E-state index is 12.9. The summed E-state index contributed by atoms with van der Waals surface area (Å²) in [6, 6.07) is 4.91. The molecule has 156 valence electrons. The molecule has 1 rings (SSSR count). The first kappa shape index (κ1) is 23.7. The number of rotatable bonds is 12. The number of nitrogens with one attached hydrogen (secondary N) is 2. The molecular weight excluding hydrogens is 371 g/mol. The molecule has 0 aliphatic rings. The Balaban J connectivity index is 2.25. The summed E-state index contributed by atoms with van der Waals surface area (Å²) in [5.74, 6) is -0.830. The highest BCUT2D eigenvalue weighted by atomic mass is 19.4. The van der Waals surface area contributed by atoms with Crippen LogP contribution >= 0.6 is 0 Å². The van der Waals surface area contributed by atoms with E-state index in [-0.39, 0.29) is 18.0 Å². The second kappa shape index (κ2) is 12.9. The summed E-state index contributed by atoms with van der Waals surface area (Å²) in [7, 11) is 0. The van der Waals surface area contributed by atoms with E-state index in [1.165, 1.54) is 43.9 Å². The third-order valence-corrected chi connectivity index (χ3v) is 4.11. The number of carbonyl (C=O) groups is 2. The van der Waals surface area contributed by atoms with E-state index in [1.54, 1.807) is 0 Å². The number of benzene rings is 1. The van der Waals surface area contributed by atoms with Crippen LogP contribution in [0.4, 0.5) is 13.2 Å². The van der Waals surface area contributed by atoms with E-state index in [0.29, 0.717) is 6.42 Å². The molecule has 8 heteroatoms. The normalized spacial score (nSPS) is 11.6. The predicted molar refractivity (Wildman–Crippen MR) is 103 cm³/mol. The van der Waals surface area contributed by atoms with Crippen molar-refractivity contribution in [2.45, 2.75) is 64.5 Å². The molecule has 0 aliphatic heterocycles. The molecule has 0 saturated carbocycles. The van der Waals surface area contributed by atoms with Crippen molar-refractivity contribution in [3.8, 4) is 0 Å². The van der Waals surface area contributed by atoms with E-state index in [2.05, 4.69) is 22.8 Å². The van der Waals surface area contributed by atoms with Gasteiger partial charge in [0.05, 0.1) is 18.3 Å². The van der Waals surface area contributed by atoms with Crippen LogP contribution in [-0.4, -0.2) is 24.6 Å². The molecule has 0 heterocycles. The van der Waals surface area contributed by atoms with Gasteiger partial charge in [-0.05, 0) is 12.5 Å². The Kier molecular flexibility index (Phi) is 10.9. The maximum absolute atomic E-state index is 12.9. The van der Waals surface area contributed by atoms with Crippen molar-refractivity contribution in [1.82, 2.24) is 10.7 Å². The first-order chi connectivity index (χ1) is 13.3. The van der Waals surface area contributed by atoms with Gasteiger partial charge in [-0.3, -0.25) is 9.59 Å². The van der Waals surface area contributed by atoms with Gasteiger partial charge in [-0.15, -0.1) is 0 Å². The van der Waals surface area contributed by atoms with Crippen LogP contribution in [0, 0.1) is 0 Å². The summed E-state index contributed by atoms with van der Waals surface area (Å²) in [5.41, 5.74) is 1.12. The molecule has 0 aliphatic carbocycles. The van der Waals surface area contributed by atoms with Crippen LogP contribution in [0.25, 0.3) is 0 Å². The minimum atomic E-state index is -4.50. The van der Waals surface area contributed by atoms with Crippen molar-refractivity contribution < 1.29 is 22.8 Å². The van der Waals surface area contributed by atoms with Crippen molar-refractivity contribution in [3.05, 3.63) is 35.4 Å². The van der Waals surface area contributed by atoms with Gasteiger partial charge in [-0.25, -0.2) is 5.43 Å². The quantitative estimate of drug-likeness (QED) is 0.310. The number of hydrazone groups is 1. The zero-order valence-electron chi connectivity index (χ0n) is 16.1. The van der Waals surface area contributed by atoms with Gasteiger partial charge in [-0.1, -0.05) is 63.6 Å². The number of amides is 2. The molecule has 2 N–H and O–H groups in total. The summed E-state index contributed by atoms with van der Waals surface area (Å²) in [4.78, 5) is 23.3. The largest absolute Gasteiger partial charge is 0.417 e. The Morgan fingerprint density at radius 3 is 2.32 bits per heavy atom. The fourth-order valence-electron chi connectivity index (χ4n) is 2.59. The second-order valence-corrected chi connectivity index (χ2v) is 6.53. The molecule has 0 saturated heterocycles. The molecule has 0 bridgehead atoms. The topological polar surface area (TPSA) is 70.6 Å². The highest BCUT2D eigenvalue weighted by molar-refractivity contribution is 5.86. The molecule has 2 amide bonds. The van der Waals surface area contributed by atoms with E-state index in [1.807, 2.05) is 0 Å². The molecule has 1 aromatic carbocycles. The lowest BCUT2D eigenvalue weighted by molar-refractivity contribution is -0.137. The number of halogens is 3. The smallest absolute Gasteiger partial charge is 0.347 e. The zero-order valence-corrected chi connectivity index (χ0v) is 16.1. The highest BCUT2D eigenvalue weighted by Crippen LogP contribution is 2.30. The van der Waals surface area contributed by atoms with E-state index in [4.69, 9.17) is 0 Å². The lowest BCUT2D eigenvalue weighted by Gasteiger charge is -2.09. The van der Waals surface area contributed by atoms with Crippen LogP contribution in [0.5, 0.6) is 0 Å². The fourth-order valence-corrected chi connectivity index (χ4v) is 2.59. The summed E-state index contributed by atoms with van der Waals surface area (Å²) < 4.78 is 38.6. The lowest BCUT2D eigenvalue weighted by Crippen LogP contribution is -2.34. The molecule has 0 aromatic heterocycles. The highest BCUT2D eigenvalue weighted by Gasteiger charge is 2.32. The monoisotopic (exact) mass is 399 g/mol. The molecule has 0 spiro atoms. The predicted octanol–water partition coefficient (Wildman–Crippen LogP) is 4.41. The van der Waals surface area contributed by atoms with E-state index in [0.717, 1.165) is 31.5 Å². The molecule has 0 radical (unpaired) electrons. The number of nitrogens with zero attached hydrogens (tertiary/aromatic N) is 1. The van der Waals surface area contributed by atoms with Gasteiger partial charge in [-0.2, -0.15) is 18.3 Å². The minimum absolute atomic E-state index is 0.154. The first-order valence-corrected chi connectivity index (χ1v) is 9.59. The first-order valence-electron chi connectivity index (χ1n) is 9.59. The Hall–Kier alpha value is -2.38. The molecule has 0 unspecified atom stereocenters. The van der Waals surface area contributed by atoms with Gasteiger partial charge >= 0.3 is 6.18 Å². The number of hydrogen-bond donors (Lipinski definition) is 2. The zero-order chi connectivity index (χ0) is 20.8. The summed E-state index contributed by atoms with van der Waals surface area (Å²) in [5, 5.41) is 6.00. The molecule has 1 aromatic rings. The maximum Gasteiger partial charge on any atom is 0.417 e. The molecule has 0 atom stereocenters. The van der Waals surface area contributed by atoms with Gasteiger partial charge in [0, 0.05) is 12.0 Å². The van der Waals surface area contributed by atoms with Crippen LogP contribution < -0.4 is 10.7 Å². The molecular formula is C20H28F3N3O2. The average molecular weight is 399 g/mol. The fraction of sp³-hybridized carbons (Fsp3) is 0.550. The van der Waals surface area contributed by atoms with E-state index < -0.39 is 17.6 Å². The van der Waals surface area contributed by atoms with Crippen molar-refractivity contribution in [1.29, 1.82) is 0 Å². The number of unbranched alkanes of at least 4 members (excludes halogenated alkanes) is 6. The van der Waals surface area contributed by atoms with Crippen molar-refractivity contribution >= 4 is 18.0 Å². The number of alkyl halides is 3. The van der Waals surface area contributed by atoms with E-state index >= 15 is 0 Å². The van der Waals surface area contributed by atoms with E-state index in [9.17, 15) is 22.8 Å². The van der Waals surface area contributed by atoms with Gasteiger partial charge in [0.1, 0.15) is 0 Å². The Morgan fingerprint density at radius 1 is 1.00 bits per heavy atom. The van der Waals surface area contributed by atoms with Crippen molar-refractivity contribution in [3.63, 3.8) is 0 Å². The number of carbonyl (C=O) groups excluding carboxylic acids is 2. The van der Waals surface area contributed by atoms with Crippen LogP contribution in [-0.2, 0) is 15.8 Å². The standard InChI is InChI=1S/C20H28F3N3O2/c1-2-3-4-5-6-7-8-13-18(27)24-15-19(28)26-25-14-16-11-9-10-12-17(16)20(21,22)23/h9-12,14H,2-8,13,15H2,1H3,(H,24,27)(H,26,28). The van der Waals surface area contributed by atoms with Crippen LogP contribution in [0.1, 0.15) is 69.4 Å². The van der Waals surface area contributed by atoms with Crippen molar-refractivity contribution in [2.75, 3.05) is 6.54 Å². The molecule has 28 heavy (non-hydrogen) atoms. The van der Waals surface area contributed by atoms with Gasteiger partial charge in [0.25, 0.3) is 5.91 Å². The van der Waals surface area contributed by atoms with Gasteiger partial charge in [0.15, 0.2) is 0 Å². The van der Waals surface area contributed by atoms with Crippen LogP contribution in [0.2, 0.25) is 0 Å². The second-order valence-electron chi connectivity index (χ2n) is 6.53. The molecule has 0 fully saturated rings. The third-order valence-electron chi connectivity index (χ3n) is 4.11. The third kappa shape index (κ3) is 10.1. The average Bonchev–Trinajstić information content (AvgIpc) is 2.65. The van der Waals surface area contributed by atoms with Crippen LogP contribution in [0.3, 0.4) is 0 Å².